The van der Waals surface area contributed by atoms with Gasteiger partial charge < -0.3 is 30.2 Å². The molecule has 0 saturated carbocycles. The Morgan fingerprint density at radius 3 is 2.50 bits per heavy atom. The van der Waals surface area contributed by atoms with Crippen LogP contribution in [0.15, 0.2) is 48.5 Å². The normalized spacial score (nSPS) is 16.7. The second-order valence-corrected chi connectivity index (χ2v) is 8.96. The topological polar surface area (TPSA) is 123 Å². The van der Waals surface area contributed by atoms with Gasteiger partial charge in [0.2, 0.25) is 17.7 Å². The van der Waals surface area contributed by atoms with Gasteiger partial charge in [0.25, 0.3) is 0 Å². The van der Waals surface area contributed by atoms with Crippen molar-refractivity contribution in [3.63, 3.8) is 0 Å². The standard InChI is InChI=1S/C28H32FN3O6/c1-37-24-11-7-19(15-25(24)38-2)8-12-26(34)32-23(14-18-5-9-21(29)10-6-18)28(36)31-22(17-33)16-20-4-3-13-30-27(20)35/h5-12,15,17,20,22-23H,3-4,13-14,16H2,1-2H3,(H,30,35)(H,31,36)(H,32,34)/b12-8+/t20?,22-,23-/m0/s1. The largest absolute Gasteiger partial charge is 0.493 e. The maximum atomic E-state index is 13.4. The number of methoxy groups -OCH3 is 2. The average molecular weight is 526 g/mol. The van der Waals surface area contributed by atoms with Gasteiger partial charge in [0.15, 0.2) is 11.5 Å². The van der Waals surface area contributed by atoms with E-state index in [1.807, 2.05) is 0 Å². The number of piperidine rings is 1. The number of amides is 3. The Hall–Kier alpha value is -4.21. The van der Waals surface area contributed by atoms with Crippen molar-refractivity contribution in [2.45, 2.75) is 37.8 Å². The highest BCUT2D eigenvalue weighted by atomic mass is 19.1. The third-order valence-electron chi connectivity index (χ3n) is 6.25. The van der Waals surface area contributed by atoms with E-state index in [4.69, 9.17) is 9.47 Å². The summed E-state index contributed by atoms with van der Waals surface area (Å²) >= 11 is 0. The lowest BCUT2D eigenvalue weighted by Crippen LogP contribution is -2.51. The van der Waals surface area contributed by atoms with E-state index in [1.54, 1.807) is 24.3 Å². The van der Waals surface area contributed by atoms with Gasteiger partial charge in [-0.2, -0.15) is 0 Å². The summed E-state index contributed by atoms with van der Waals surface area (Å²) in [6, 6.07) is 8.75. The Labute approximate surface area is 220 Å². The van der Waals surface area contributed by atoms with Crippen LogP contribution in [0.4, 0.5) is 4.39 Å². The lowest BCUT2D eigenvalue weighted by molar-refractivity contribution is -0.130. The van der Waals surface area contributed by atoms with E-state index in [-0.39, 0.29) is 24.7 Å². The van der Waals surface area contributed by atoms with Crippen molar-refractivity contribution in [3.05, 3.63) is 65.5 Å². The van der Waals surface area contributed by atoms with Gasteiger partial charge in [0.1, 0.15) is 18.1 Å². The fraction of sp³-hybridized carbons (Fsp3) is 0.357. The molecule has 202 valence electrons. The van der Waals surface area contributed by atoms with Crippen LogP contribution in [0, 0.1) is 11.7 Å². The van der Waals surface area contributed by atoms with Gasteiger partial charge >= 0.3 is 0 Å². The van der Waals surface area contributed by atoms with Gasteiger partial charge in [-0.05, 0) is 60.7 Å². The first-order chi connectivity index (χ1) is 18.3. The minimum Gasteiger partial charge on any atom is -0.493 e. The molecular formula is C28H32FN3O6. The van der Waals surface area contributed by atoms with Crippen LogP contribution in [0.2, 0.25) is 0 Å². The molecule has 2 aromatic carbocycles. The summed E-state index contributed by atoms with van der Waals surface area (Å²) in [6.07, 6.45) is 5.08. The van der Waals surface area contributed by atoms with Crippen LogP contribution in [-0.4, -0.2) is 56.9 Å². The molecule has 0 spiro atoms. The van der Waals surface area contributed by atoms with Crippen LogP contribution in [-0.2, 0) is 25.6 Å². The van der Waals surface area contributed by atoms with E-state index in [2.05, 4.69) is 16.0 Å². The fourth-order valence-electron chi connectivity index (χ4n) is 4.21. The molecule has 9 nitrogen and oxygen atoms in total. The zero-order chi connectivity index (χ0) is 27.5. The lowest BCUT2D eigenvalue weighted by atomic mass is 9.92. The number of ether oxygens (including phenoxy) is 2. The molecule has 1 unspecified atom stereocenters. The van der Waals surface area contributed by atoms with Crippen molar-refractivity contribution in [2.75, 3.05) is 20.8 Å². The second kappa shape index (κ2) is 13.9. The van der Waals surface area contributed by atoms with Crippen LogP contribution >= 0.6 is 0 Å². The molecular weight excluding hydrogens is 493 g/mol. The second-order valence-electron chi connectivity index (χ2n) is 8.96. The molecule has 10 heteroatoms. The first-order valence-electron chi connectivity index (χ1n) is 12.3. The Morgan fingerprint density at radius 2 is 1.84 bits per heavy atom. The van der Waals surface area contributed by atoms with Crippen LogP contribution in [0.1, 0.15) is 30.4 Å². The van der Waals surface area contributed by atoms with Crippen molar-refractivity contribution in [1.29, 1.82) is 0 Å². The highest BCUT2D eigenvalue weighted by Gasteiger charge is 2.28. The Bertz CT molecular complexity index is 1170. The number of halogens is 1. The molecule has 0 radical (unpaired) electrons. The minimum absolute atomic E-state index is 0.0670. The van der Waals surface area contributed by atoms with E-state index >= 15 is 0 Å². The summed E-state index contributed by atoms with van der Waals surface area (Å²) in [4.78, 5) is 49.7. The summed E-state index contributed by atoms with van der Waals surface area (Å²) < 4.78 is 23.9. The van der Waals surface area contributed by atoms with Gasteiger partial charge in [0, 0.05) is 25.0 Å². The van der Waals surface area contributed by atoms with Gasteiger partial charge in [-0.15, -0.1) is 0 Å². The number of hydrogen-bond acceptors (Lipinski definition) is 6. The van der Waals surface area contributed by atoms with Crippen LogP contribution in [0.25, 0.3) is 6.08 Å². The predicted molar refractivity (Wildman–Crippen MR) is 139 cm³/mol. The number of rotatable bonds is 12. The molecule has 3 rings (SSSR count). The number of nitrogens with one attached hydrogen (secondary N) is 3. The molecule has 0 bridgehead atoms. The molecule has 1 heterocycles. The van der Waals surface area contributed by atoms with Gasteiger partial charge in [-0.25, -0.2) is 4.39 Å². The molecule has 1 saturated heterocycles. The van der Waals surface area contributed by atoms with E-state index in [0.29, 0.717) is 41.9 Å². The summed E-state index contributed by atoms with van der Waals surface area (Å²) in [6.45, 7) is 0.593. The number of benzene rings is 2. The van der Waals surface area contributed by atoms with Crippen molar-refractivity contribution < 1.29 is 33.0 Å². The predicted octanol–water partition coefficient (Wildman–Crippen LogP) is 2.18. The molecule has 1 aliphatic heterocycles. The Kier molecular flexibility index (Phi) is 10.4. The van der Waals surface area contributed by atoms with Gasteiger partial charge in [0.05, 0.1) is 20.3 Å². The van der Waals surface area contributed by atoms with Crippen LogP contribution in [0.3, 0.4) is 0 Å². The highest BCUT2D eigenvalue weighted by Crippen LogP contribution is 2.28. The summed E-state index contributed by atoms with van der Waals surface area (Å²) in [5.74, 6) is -1.05. The zero-order valence-electron chi connectivity index (χ0n) is 21.4. The van der Waals surface area contributed by atoms with Crippen LogP contribution in [0.5, 0.6) is 11.5 Å². The SMILES string of the molecule is COc1ccc(/C=C/C(=O)N[C@@H](Cc2ccc(F)cc2)C(=O)N[C@H](C=O)CC2CCCNC2=O)cc1OC. The Balaban J connectivity index is 1.72. The van der Waals surface area contributed by atoms with Gasteiger partial charge in [-0.1, -0.05) is 18.2 Å². The number of hydrogen-bond donors (Lipinski definition) is 3. The van der Waals surface area contributed by atoms with Crippen molar-refractivity contribution in [2.24, 2.45) is 5.92 Å². The van der Waals surface area contributed by atoms with Crippen molar-refractivity contribution in [1.82, 2.24) is 16.0 Å². The third-order valence-corrected chi connectivity index (χ3v) is 6.25. The molecule has 3 atom stereocenters. The average Bonchev–Trinajstić information content (AvgIpc) is 2.93. The highest BCUT2D eigenvalue weighted by molar-refractivity contribution is 5.96. The first kappa shape index (κ1) is 28.4. The van der Waals surface area contributed by atoms with E-state index in [0.717, 1.165) is 6.42 Å². The summed E-state index contributed by atoms with van der Waals surface area (Å²) in [7, 11) is 3.02. The molecule has 1 aliphatic rings. The summed E-state index contributed by atoms with van der Waals surface area (Å²) in [5.41, 5.74) is 1.29. The first-order valence-corrected chi connectivity index (χ1v) is 12.3. The molecule has 38 heavy (non-hydrogen) atoms. The maximum Gasteiger partial charge on any atom is 0.244 e. The maximum absolute atomic E-state index is 13.4. The van der Waals surface area contributed by atoms with E-state index < -0.39 is 29.7 Å². The third kappa shape index (κ3) is 8.16. The molecule has 0 aromatic heterocycles. The number of aldehydes is 1. The van der Waals surface area contributed by atoms with Crippen LogP contribution < -0.4 is 25.4 Å². The monoisotopic (exact) mass is 525 g/mol. The van der Waals surface area contributed by atoms with Crippen molar-refractivity contribution in [3.8, 4) is 11.5 Å². The number of carbonyl (C=O) groups is 4. The molecule has 2 aromatic rings. The summed E-state index contributed by atoms with van der Waals surface area (Å²) in [5, 5.41) is 8.07. The minimum atomic E-state index is -1.05. The molecule has 3 amide bonds. The fourth-order valence-corrected chi connectivity index (χ4v) is 4.21. The van der Waals surface area contributed by atoms with Crippen molar-refractivity contribution >= 4 is 30.1 Å². The Morgan fingerprint density at radius 1 is 1.11 bits per heavy atom. The van der Waals surface area contributed by atoms with E-state index in [1.165, 1.54) is 44.6 Å². The molecule has 1 fully saturated rings. The van der Waals surface area contributed by atoms with Gasteiger partial charge in [-0.3, -0.25) is 14.4 Å². The molecule has 0 aliphatic carbocycles. The van der Waals surface area contributed by atoms with E-state index in [9.17, 15) is 23.6 Å². The zero-order valence-corrected chi connectivity index (χ0v) is 21.4. The smallest absolute Gasteiger partial charge is 0.244 e. The molecule has 3 N–H and O–H groups in total. The quantitative estimate of drug-likeness (QED) is 0.288. The number of carbonyl (C=O) groups excluding carboxylic acids is 4. The lowest BCUT2D eigenvalue weighted by Gasteiger charge is -2.25.